The van der Waals surface area contributed by atoms with Crippen LogP contribution < -0.4 is 5.32 Å². The molecule has 1 aromatic heterocycles. The molecule has 0 bridgehead atoms. The molecule has 4 heteroatoms. The number of hydrogen-bond acceptors (Lipinski definition) is 2. The highest BCUT2D eigenvalue weighted by molar-refractivity contribution is 6.00. The summed E-state index contributed by atoms with van der Waals surface area (Å²) in [6.07, 6.45) is 0.674. The van der Waals surface area contributed by atoms with Crippen molar-refractivity contribution in [2.45, 2.75) is 13.8 Å². The average molecular weight is 255 g/mol. The predicted molar refractivity (Wildman–Crippen MR) is 78.8 cm³/mol. The van der Waals surface area contributed by atoms with E-state index in [-0.39, 0.29) is 0 Å². The number of nitrogens with zero attached hydrogens (tertiary/aromatic N) is 1. The Bertz CT molecular complexity index is 609. The van der Waals surface area contributed by atoms with E-state index < -0.39 is 0 Å². The molecule has 1 heterocycles. The van der Waals surface area contributed by atoms with E-state index in [2.05, 4.69) is 21.4 Å². The monoisotopic (exact) mass is 255 g/mol. The Hall–Kier alpha value is -2.36. The lowest BCUT2D eigenvalue weighted by atomic mass is 10.1. The number of amides is 1. The van der Waals surface area contributed by atoms with E-state index in [4.69, 9.17) is 0 Å². The van der Waals surface area contributed by atoms with Gasteiger partial charge in [0.1, 0.15) is 0 Å². The van der Waals surface area contributed by atoms with E-state index in [9.17, 15) is 4.79 Å². The zero-order valence-electron chi connectivity index (χ0n) is 11.3. The number of anilines is 1. The number of aliphatic imine (C=N–C) groups is 1. The Labute approximate surface area is 112 Å². The number of hydrogen-bond donors (Lipinski definition) is 2. The van der Waals surface area contributed by atoms with Crippen LogP contribution in [-0.2, 0) is 4.79 Å². The number of benzene rings is 1. The molecule has 2 N–H and O–H groups in total. The number of carbonyl (C=O) groups is 1. The minimum atomic E-state index is 0.674. The van der Waals surface area contributed by atoms with Crippen molar-refractivity contribution in [2.24, 2.45) is 4.99 Å². The van der Waals surface area contributed by atoms with Crippen LogP contribution in [-0.4, -0.2) is 24.2 Å². The zero-order chi connectivity index (χ0) is 13.8. The quantitative estimate of drug-likeness (QED) is 0.640. The number of H-pyrrole nitrogens is 1. The summed E-state index contributed by atoms with van der Waals surface area (Å²) in [5.74, 6) is 0. The summed E-state index contributed by atoms with van der Waals surface area (Å²) < 4.78 is 0. The Morgan fingerprint density at radius 3 is 2.58 bits per heavy atom. The third kappa shape index (κ3) is 2.73. The fourth-order valence-corrected chi connectivity index (χ4v) is 2.02. The van der Waals surface area contributed by atoms with Gasteiger partial charge in [0.25, 0.3) is 0 Å². The van der Waals surface area contributed by atoms with Crippen molar-refractivity contribution in [1.82, 2.24) is 4.98 Å². The first kappa shape index (κ1) is 13.1. The van der Waals surface area contributed by atoms with Gasteiger partial charge in [0.15, 0.2) is 0 Å². The van der Waals surface area contributed by atoms with Gasteiger partial charge in [0.2, 0.25) is 6.41 Å². The number of nitrogens with one attached hydrogen (secondary N) is 2. The molecule has 0 aliphatic heterocycles. The summed E-state index contributed by atoms with van der Waals surface area (Å²) in [4.78, 5) is 17.9. The SMILES string of the molecule is CN=C(C)c1cc(-c2ccc(NC=O)cc2)[nH]c1C. The smallest absolute Gasteiger partial charge is 0.211 e. The highest BCUT2D eigenvalue weighted by Crippen LogP contribution is 2.23. The average Bonchev–Trinajstić information content (AvgIpc) is 2.81. The molecule has 0 saturated heterocycles. The van der Waals surface area contributed by atoms with Crippen molar-refractivity contribution >= 4 is 17.8 Å². The van der Waals surface area contributed by atoms with Crippen molar-refractivity contribution in [2.75, 3.05) is 12.4 Å². The highest BCUT2D eigenvalue weighted by atomic mass is 16.1. The van der Waals surface area contributed by atoms with E-state index in [0.717, 1.165) is 33.9 Å². The van der Waals surface area contributed by atoms with Gasteiger partial charge in [-0.05, 0) is 37.6 Å². The molecule has 0 atom stereocenters. The summed E-state index contributed by atoms with van der Waals surface area (Å²) in [5.41, 5.74) is 6.16. The lowest BCUT2D eigenvalue weighted by Crippen LogP contribution is -1.93. The predicted octanol–water partition coefficient (Wildman–Crippen LogP) is 3.00. The second kappa shape index (κ2) is 5.52. The van der Waals surface area contributed by atoms with Crippen LogP contribution in [0.3, 0.4) is 0 Å². The van der Waals surface area contributed by atoms with Crippen LogP contribution in [0.15, 0.2) is 35.3 Å². The molecule has 19 heavy (non-hydrogen) atoms. The molecule has 1 aromatic carbocycles. The van der Waals surface area contributed by atoms with Gasteiger partial charge < -0.3 is 10.3 Å². The molecule has 0 unspecified atom stereocenters. The van der Waals surface area contributed by atoms with Crippen molar-refractivity contribution in [3.8, 4) is 11.3 Å². The number of rotatable bonds is 4. The molecule has 1 amide bonds. The van der Waals surface area contributed by atoms with Gasteiger partial charge in [0, 0.05) is 35.4 Å². The minimum absolute atomic E-state index is 0.674. The number of aryl methyl sites for hydroxylation is 1. The Morgan fingerprint density at radius 2 is 2.00 bits per heavy atom. The normalized spacial score (nSPS) is 11.4. The van der Waals surface area contributed by atoms with Crippen LogP contribution in [0.5, 0.6) is 0 Å². The third-order valence-corrected chi connectivity index (χ3v) is 3.16. The first-order valence-corrected chi connectivity index (χ1v) is 6.09. The van der Waals surface area contributed by atoms with Crippen LogP contribution in [0, 0.1) is 6.92 Å². The lowest BCUT2D eigenvalue weighted by Gasteiger charge is -2.01. The van der Waals surface area contributed by atoms with E-state index in [1.54, 1.807) is 7.05 Å². The first-order valence-electron chi connectivity index (χ1n) is 6.09. The Kier molecular flexibility index (Phi) is 3.80. The maximum Gasteiger partial charge on any atom is 0.211 e. The fraction of sp³-hybridized carbons (Fsp3) is 0.200. The molecule has 0 fully saturated rings. The van der Waals surface area contributed by atoms with Gasteiger partial charge in [0.05, 0.1) is 0 Å². The summed E-state index contributed by atoms with van der Waals surface area (Å²) in [5, 5.41) is 2.62. The van der Waals surface area contributed by atoms with Crippen molar-refractivity contribution in [1.29, 1.82) is 0 Å². The largest absolute Gasteiger partial charge is 0.358 e. The third-order valence-electron chi connectivity index (χ3n) is 3.16. The summed E-state index contributed by atoms with van der Waals surface area (Å²) >= 11 is 0. The summed E-state index contributed by atoms with van der Waals surface area (Å²) in [7, 11) is 1.79. The number of carbonyl (C=O) groups excluding carboxylic acids is 1. The van der Waals surface area contributed by atoms with Crippen LogP contribution in [0.25, 0.3) is 11.3 Å². The molecule has 0 radical (unpaired) electrons. The van der Waals surface area contributed by atoms with E-state index in [1.165, 1.54) is 0 Å². The van der Waals surface area contributed by atoms with Crippen LogP contribution in [0.2, 0.25) is 0 Å². The first-order chi connectivity index (χ1) is 9.15. The van der Waals surface area contributed by atoms with Gasteiger partial charge in [-0.2, -0.15) is 0 Å². The van der Waals surface area contributed by atoms with Gasteiger partial charge in [-0.15, -0.1) is 0 Å². The van der Waals surface area contributed by atoms with Gasteiger partial charge in [-0.1, -0.05) is 12.1 Å². The molecule has 0 aliphatic carbocycles. The summed E-state index contributed by atoms with van der Waals surface area (Å²) in [6, 6.07) is 9.79. The van der Waals surface area contributed by atoms with E-state index in [1.807, 2.05) is 38.1 Å². The number of aromatic amines is 1. The zero-order valence-corrected chi connectivity index (χ0v) is 11.3. The van der Waals surface area contributed by atoms with Gasteiger partial charge in [-0.3, -0.25) is 9.79 Å². The molecule has 98 valence electrons. The maximum atomic E-state index is 10.4. The molecule has 0 aliphatic rings. The Balaban J connectivity index is 2.34. The number of aromatic nitrogens is 1. The minimum Gasteiger partial charge on any atom is -0.358 e. The fourth-order valence-electron chi connectivity index (χ4n) is 2.02. The molecule has 0 saturated carbocycles. The van der Waals surface area contributed by atoms with Gasteiger partial charge >= 0.3 is 0 Å². The molecule has 2 rings (SSSR count). The second-order valence-corrected chi connectivity index (χ2v) is 4.37. The Morgan fingerprint density at radius 1 is 1.32 bits per heavy atom. The summed E-state index contributed by atoms with van der Waals surface area (Å²) in [6.45, 7) is 4.03. The van der Waals surface area contributed by atoms with Crippen LogP contribution in [0.4, 0.5) is 5.69 Å². The van der Waals surface area contributed by atoms with Crippen molar-refractivity contribution < 1.29 is 4.79 Å². The molecule has 2 aromatic rings. The molecular formula is C15H17N3O. The topological polar surface area (TPSA) is 57.2 Å². The van der Waals surface area contributed by atoms with Gasteiger partial charge in [-0.25, -0.2) is 0 Å². The standard InChI is InChI=1S/C15H17N3O/c1-10(16-3)14-8-15(18-11(14)2)12-4-6-13(7-5-12)17-9-19/h4-9,18H,1-3H3,(H,17,19). The van der Waals surface area contributed by atoms with Crippen molar-refractivity contribution in [3.05, 3.63) is 41.6 Å². The second-order valence-electron chi connectivity index (χ2n) is 4.37. The maximum absolute atomic E-state index is 10.4. The van der Waals surface area contributed by atoms with Crippen molar-refractivity contribution in [3.63, 3.8) is 0 Å². The van der Waals surface area contributed by atoms with Crippen LogP contribution in [0.1, 0.15) is 18.2 Å². The molecular weight excluding hydrogens is 238 g/mol. The van der Waals surface area contributed by atoms with E-state index >= 15 is 0 Å². The molecule has 0 spiro atoms. The molecule has 4 nitrogen and oxygen atoms in total. The van der Waals surface area contributed by atoms with Crippen LogP contribution >= 0.6 is 0 Å². The van der Waals surface area contributed by atoms with E-state index in [0.29, 0.717) is 6.41 Å². The lowest BCUT2D eigenvalue weighted by molar-refractivity contribution is -0.105. The highest BCUT2D eigenvalue weighted by Gasteiger charge is 2.08.